The minimum absolute atomic E-state index is 0. The molecule has 1 aromatic rings. The highest BCUT2D eigenvalue weighted by Gasteiger charge is 2.34. The molecule has 1 N–H and O–H groups in total. The van der Waals surface area contributed by atoms with Crippen LogP contribution in [0.2, 0.25) is 0 Å². The predicted octanol–water partition coefficient (Wildman–Crippen LogP) is 3.27. The monoisotopic (exact) mass is 465 g/mol. The molecule has 7 heteroatoms. The van der Waals surface area contributed by atoms with Gasteiger partial charge in [0.1, 0.15) is 0 Å². The van der Waals surface area contributed by atoms with Gasteiger partial charge in [-0.25, -0.2) is 0 Å². The zero-order chi connectivity index (χ0) is 16.1. The number of aliphatic imine (C=N–C) groups is 1. The molecule has 0 amide bonds. The molecule has 2 aliphatic heterocycles. The fourth-order valence-corrected chi connectivity index (χ4v) is 4.28. The Bertz CT molecular complexity index is 518. The molecular formula is C17H28IN3O2S. The summed E-state index contributed by atoms with van der Waals surface area (Å²) >= 11 is 1.77. The van der Waals surface area contributed by atoms with Gasteiger partial charge in [0.15, 0.2) is 5.96 Å². The Morgan fingerprint density at radius 2 is 2.29 bits per heavy atom. The van der Waals surface area contributed by atoms with Crippen molar-refractivity contribution in [2.75, 3.05) is 40.5 Å². The Morgan fingerprint density at radius 3 is 2.92 bits per heavy atom. The van der Waals surface area contributed by atoms with Gasteiger partial charge in [-0.15, -0.1) is 24.0 Å². The second kappa shape index (κ2) is 9.35. The number of ether oxygens (including phenoxy) is 2. The molecule has 5 nitrogen and oxygen atoms in total. The first-order valence-corrected chi connectivity index (χ1v) is 9.34. The van der Waals surface area contributed by atoms with Crippen molar-refractivity contribution in [3.63, 3.8) is 0 Å². The van der Waals surface area contributed by atoms with Crippen LogP contribution in [0, 0.1) is 0 Å². The molecule has 1 aromatic heterocycles. The zero-order valence-corrected chi connectivity index (χ0v) is 17.6. The van der Waals surface area contributed by atoms with Crippen LogP contribution in [-0.2, 0) is 9.47 Å². The van der Waals surface area contributed by atoms with Crippen molar-refractivity contribution in [3.8, 4) is 0 Å². The van der Waals surface area contributed by atoms with Crippen LogP contribution in [0.5, 0.6) is 0 Å². The first-order chi connectivity index (χ1) is 11.3. The molecule has 0 radical (unpaired) electrons. The first-order valence-electron chi connectivity index (χ1n) is 8.40. The summed E-state index contributed by atoms with van der Waals surface area (Å²) in [6.07, 6.45) is 4.27. The smallest absolute Gasteiger partial charge is 0.194 e. The van der Waals surface area contributed by atoms with Gasteiger partial charge in [0.25, 0.3) is 0 Å². The van der Waals surface area contributed by atoms with Crippen molar-refractivity contribution < 1.29 is 9.47 Å². The molecule has 24 heavy (non-hydrogen) atoms. The molecule has 0 saturated carbocycles. The van der Waals surface area contributed by atoms with Crippen molar-refractivity contribution in [1.82, 2.24) is 10.2 Å². The highest BCUT2D eigenvalue weighted by atomic mass is 127. The van der Waals surface area contributed by atoms with Crippen molar-refractivity contribution >= 4 is 41.3 Å². The van der Waals surface area contributed by atoms with E-state index in [1.807, 2.05) is 7.05 Å². The van der Waals surface area contributed by atoms with Crippen LogP contribution >= 0.6 is 35.3 Å². The van der Waals surface area contributed by atoms with E-state index < -0.39 is 0 Å². The van der Waals surface area contributed by atoms with Crippen LogP contribution in [-0.4, -0.2) is 56.9 Å². The maximum absolute atomic E-state index is 5.82. The second-order valence-electron chi connectivity index (χ2n) is 6.31. The van der Waals surface area contributed by atoms with Crippen LogP contribution in [0.1, 0.15) is 37.3 Å². The molecule has 0 aromatic carbocycles. The third-order valence-electron chi connectivity index (χ3n) is 5.07. The van der Waals surface area contributed by atoms with E-state index in [9.17, 15) is 0 Å². The van der Waals surface area contributed by atoms with Gasteiger partial charge < -0.3 is 19.7 Å². The maximum atomic E-state index is 5.82. The van der Waals surface area contributed by atoms with E-state index in [-0.39, 0.29) is 29.6 Å². The van der Waals surface area contributed by atoms with Crippen LogP contribution in [0.4, 0.5) is 0 Å². The lowest BCUT2D eigenvalue weighted by molar-refractivity contribution is -0.0857. The van der Waals surface area contributed by atoms with E-state index >= 15 is 0 Å². The fourth-order valence-electron chi connectivity index (χ4n) is 3.58. The van der Waals surface area contributed by atoms with Gasteiger partial charge >= 0.3 is 0 Å². The van der Waals surface area contributed by atoms with Crippen molar-refractivity contribution in [2.45, 2.75) is 37.3 Å². The summed E-state index contributed by atoms with van der Waals surface area (Å²) in [7, 11) is 3.68. The van der Waals surface area contributed by atoms with Gasteiger partial charge in [-0.3, -0.25) is 4.99 Å². The topological polar surface area (TPSA) is 46.1 Å². The van der Waals surface area contributed by atoms with Gasteiger partial charge in [0, 0.05) is 53.3 Å². The number of hydrogen-bond acceptors (Lipinski definition) is 4. The lowest BCUT2D eigenvalue weighted by atomic mass is 9.94. The maximum Gasteiger partial charge on any atom is 0.194 e. The second-order valence-corrected chi connectivity index (χ2v) is 7.09. The van der Waals surface area contributed by atoms with E-state index in [1.165, 1.54) is 18.4 Å². The minimum atomic E-state index is -0.133. The molecule has 3 rings (SSSR count). The number of guanidine groups is 1. The summed E-state index contributed by atoms with van der Waals surface area (Å²) in [6, 6.07) is 2.68. The van der Waals surface area contributed by atoms with Gasteiger partial charge in [0.05, 0.1) is 11.6 Å². The molecule has 2 saturated heterocycles. The third kappa shape index (κ3) is 4.42. The summed E-state index contributed by atoms with van der Waals surface area (Å²) in [5.74, 6) is 0.988. The number of methoxy groups -OCH3 is 1. The standard InChI is InChI=1S/C17H27N3O2S.HI/c1-18-16(19-13-17(21-2)6-9-22-10-7-17)20-8-3-4-15(20)14-5-11-23-12-14;/h5,11-12,15H,3-4,6-10,13H2,1-2H3,(H,18,19);1H. The Labute approximate surface area is 165 Å². The Kier molecular flexibility index (Phi) is 7.77. The molecule has 0 aliphatic carbocycles. The number of halogens is 1. The van der Waals surface area contributed by atoms with Gasteiger partial charge in [-0.05, 0) is 35.2 Å². The van der Waals surface area contributed by atoms with Gasteiger partial charge in [-0.2, -0.15) is 11.3 Å². The molecule has 3 heterocycles. The van der Waals surface area contributed by atoms with Crippen molar-refractivity contribution in [2.24, 2.45) is 4.99 Å². The number of rotatable bonds is 4. The number of likely N-dealkylation sites (tertiary alicyclic amines) is 1. The molecule has 1 atom stereocenters. The van der Waals surface area contributed by atoms with Crippen LogP contribution < -0.4 is 5.32 Å². The summed E-state index contributed by atoms with van der Waals surface area (Å²) in [5.41, 5.74) is 1.27. The van der Waals surface area contributed by atoms with E-state index in [0.29, 0.717) is 6.04 Å². The average molecular weight is 465 g/mol. The van der Waals surface area contributed by atoms with Crippen LogP contribution in [0.15, 0.2) is 21.8 Å². The Morgan fingerprint density at radius 1 is 1.50 bits per heavy atom. The average Bonchev–Trinajstić information content (AvgIpc) is 3.27. The lowest BCUT2D eigenvalue weighted by Gasteiger charge is -2.37. The summed E-state index contributed by atoms with van der Waals surface area (Å²) in [6.45, 7) is 3.39. The SMILES string of the molecule is CN=C(NCC1(OC)CCOCC1)N1CCCC1c1ccsc1.I. The fraction of sp³-hybridized carbons (Fsp3) is 0.706. The molecule has 136 valence electrons. The minimum Gasteiger partial charge on any atom is -0.381 e. The van der Waals surface area contributed by atoms with E-state index in [0.717, 1.165) is 45.1 Å². The highest BCUT2D eigenvalue weighted by Crippen LogP contribution is 2.33. The van der Waals surface area contributed by atoms with E-state index in [2.05, 4.69) is 32.0 Å². The van der Waals surface area contributed by atoms with E-state index in [1.54, 1.807) is 18.4 Å². The molecule has 1 unspecified atom stereocenters. The Balaban J connectivity index is 0.00000208. The number of thiophene rings is 1. The number of nitrogens with zero attached hydrogens (tertiary/aromatic N) is 2. The number of hydrogen-bond donors (Lipinski definition) is 1. The quantitative estimate of drug-likeness (QED) is 0.421. The van der Waals surface area contributed by atoms with Gasteiger partial charge in [0.2, 0.25) is 0 Å². The molecule has 2 aliphatic rings. The first kappa shape index (κ1) is 19.9. The van der Waals surface area contributed by atoms with E-state index in [4.69, 9.17) is 9.47 Å². The van der Waals surface area contributed by atoms with Crippen molar-refractivity contribution in [1.29, 1.82) is 0 Å². The van der Waals surface area contributed by atoms with Crippen LogP contribution in [0.25, 0.3) is 0 Å². The summed E-state index contributed by atoms with van der Waals surface area (Å²) in [5, 5.41) is 7.98. The van der Waals surface area contributed by atoms with Crippen LogP contribution in [0.3, 0.4) is 0 Å². The lowest BCUT2D eigenvalue weighted by Crippen LogP contribution is -2.51. The van der Waals surface area contributed by atoms with Crippen molar-refractivity contribution in [3.05, 3.63) is 22.4 Å². The highest BCUT2D eigenvalue weighted by molar-refractivity contribution is 14.0. The molecule has 0 spiro atoms. The third-order valence-corrected chi connectivity index (χ3v) is 5.77. The molecular weight excluding hydrogens is 437 g/mol. The Hall–Kier alpha value is -0.380. The number of nitrogens with one attached hydrogen (secondary N) is 1. The zero-order valence-electron chi connectivity index (χ0n) is 14.5. The summed E-state index contributed by atoms with van der Waals surface area (Å²) in [4.78, 5) is 6.94. The van der Waals surface area contributed by atoms with Gasteiger partial charge in [-0.1, -0.05) is 0 Å². The summed E-state index contributed by atoms with van der Waals surface area (Å²) < 4.78 is 11.3. The normalized spacial score (nSPS) is 23.8. The largest absolute Gasteiger partial charge is 0.381 e. The molecule has 0 bridgehead atoms. The molecule has 2 fully saturated rings. The predicted molar refractivity (Wildman–Crippen MR) is 110 cm³/mol.